The van der Waals surface area contributed by atoms with Gasteiger partial charge in [0.25, 0.3) is 10.0 Å². The highest BCUT2D eigenvalue weighted by molar-refractivity contribution is 7.93. The largest absolute Gasteiger partial charge is 0.506 e. The van der Waals surface area contributed by atoms with E-state index >= 15 is 0 Å². The number of sulfonamides is 1. The van der Waals surface area contributed by atoms with E-state index < -0.39 is 27.3 Å². The topological polar surface area (TPSA) is 104 Å². The number of benzene rings is 4. The van der Waals surface area contributed by atoms with Crippen LogP contribution in [-0.2, 0) is 10.0 Å². The Hall–Kier alpha value is -3.84. The number of anilines is 1. The van der Waals surface area contributed by atoms with E-state index in [9.17, 15) is 23.4 Å². The smallest absolute Gasteiger partial charge is 0.339 e. The summed E-state index contributed by atoms with van der Waals surface area (Å²) in [4.78, 5) is 11.3. The monoisotopic (exact) mass is 419 g/mol. The number of hydrogen-bond donors (Lipinski definition) is 3. The fourth-order valence-corrected chi connectivity index (χ4v) is 4.58. The lowest BCUT2D eigenvalue weighted by atomic mass is 10.1. The molecule has 0 aliphatic carbocycles. The first kappa shape index (κ1) is 19.5. The molecule has 4 aromatic carbocycles. The maximum atomic E-state index is 13.1. The maximum absolute atomic E-state index is 13.1. The van der Waals surface area contributed by atoms with Crippen molar-refractivity contribution < 1.29 is 23.4 Å². The van der Waals surface area contributed by atoms with Gasteiger partial charge >= 0.3 is 5.97 Å². The molecular formula is C23H17NO5S. The Morgan fingerprint density at radius 3 is 1.97 bits per heavy atom. The first-order chi connectivity index (χ1) is 14.4. The van der Waals surface area contributed by atoms with Gasteiger partial charge in [-0.2, -0.15) is 0 Å². The van der Waals surface area contributed by atoms with E-state index in [0.717, 1.165) is 17.2 Å². The number of carboxylic acid groups (broad SMARTS) is 1. The number of nitrogens with one attached hydrogen (secondary N) is 1. The van der Waals surface area contributed by atoms with E-state index in [2.05, 4.69) is 4.72 Å². The van der Waals surface area contributed by atoms with Gasteiger partial charge in [0.05, 0.1) is 4.90 Å². The normalized spacial score (nSPS) is 11.3. The fourth-order valence-electron chi connectivity index (χ4n) is 3.28. The minimum atomic E-state index is -4.11. The second-order valence-corrected chi connectivity index (χ2v) is 8.32. The standard InChI is InChI=1S/C23H17NO5S/c25-22-19-9-5-4-8-18(19)21(14-20(22)23(26)27)30(28,29)24-17-12-10-16(11-13-17)15-6-2-1-3-7-15/h1-14,24-25H,(H,26,27). The summed E-state index contributed by atoms with van der Waals surface area (Å²) in [6.45, 7) is 0. The lowest BCUT2D eigenvalue weighted by molar-refractivity contribution is 0.0694. The molecule has 0 radical (unpaired) electrons. The molecule has 6 nitrogen and oxygen atoms in total. The molecule has 0 atom stereocenters. The fraction of sp³-hybridized carbons (Fsp3) is 0. The zero-order valence-corrected chi connectivity index (χ0v) is 16.4. The molecule has 0 bridgehead atoms. The molecule has 0 amide bonds. The molecule has 0 aliphatic rings. The SMILES string of the molecule is O=C(O)c1cc(S(=O)(=O)Nc2ccc(-c3ccccc3)cc2)c2ccccc2c1O. The van der Waals surface area contributed by atoms with Crippen molar-refractivity contribution in [3.63, 3.8) is 0 Å². The third kappa shape index (κ3) is 3.58. The number of rotatable bonds is 5. The Kier molecular flexibility index (Phi) is 4.89. The van der Waals surface area contributed by atoms with Gasteiger partial charge in [-0.3, -0.25) is 4.72 Å². The number of phenols is 1. The summed E-state index contributed by atoms with van der Waals surface area (Å²) in [6, 6.07) is 23.7. The van der Waals surface area contributed by atoms with Crippen molar-refractivity contribution in [1.82, 2.24) is 0 Å². The third-order valence-electron chi connectivity index (χ3n) is 4.74. The van der Waals surface area contributed by atoms with E-state index in [-0.39, 0.29) is 15.7 Å². The van der Waals surface area contributed by atoms with Gasteiger partial charge in [-0.1, -0.05) is 66.7 Å². The molecule has 0 aliphatic heterocycles. The van der Waals surface area contributed by atoms with Gasteiger partial charge in [-0.15, -0.1) is 0 Å². The molecule has 3 N–H and O–H groups in total. The molecule has 4 rings (SSSR count). The van der Waals surface area contributed by atoms with Gasteiger partial charge in [-0.25, -0.2) is 13.2 Å². The van der Waals surface area contributed by atoms with Crippen molar-refractivity contribution in [3.05, 3.63) is 90.5 Å². The Morgan fingerprint density at radius 2 is 1.33 bits per heavy atom. The second-order valence-electron chi connectivity index (χ2n) is 6.67. The molecule has 0 spiro atoms. The summed E-state index contributed by atoms with van der Waals surface area (Å²) in [5, 5.41) is 20.0. The zero-order chi connectivity index (χ0) is 21.3. The van der Waals surface area contributed by atoms with E-state index in [1.165, 1.54) is 12.1 Å². The van der Waals surface area contributed by atoms with Crippen molar-refractivity contribution in [2.75, 3.05) is 4.72 Å². The molecule has 150 valence electrons. The Labute approximate surface area is 173 Å². The van der Waals surface area contributed by atoms with Crippen molar-refractivity contribution >= 4 is 32.5 Å². The molecule has 7 heteroatoms. The molecule has 0 fully saturated rings. The van der Waals surface area contributed by atoms with Crippen LogP contribution in [0.15, 0.2) is 89.8 Å². The predicted octanol–water partition coefficient (Wildman–Crippen LogP) is 4.71. The Balaban J connectivity index is 1.75. The molecule has 0 heterocycles. The number of hydrogen-bond acceptors (Lipinski definition) is 4. The van der Waals surface area contributed by atoms with Crippen molar-refractivity contribution in [1.29, 1.82) is 0 Å². The zero-order valence-electron chi connectivity index (χ0n) is 15.6. The van der Waals surface area contributed by atoms with Gasteiger partial charge in [0.2, 0.25) is 0 Å². The summed E-state index contributed by atoms with van der Waals surface area (Å²) in [6.07, 6.45) is 0. The average Bonchev–Trinajstić information content (AvgIpc) is 2.74. The summed E-state index contributed by atoms with van der Waals surface area (Å²) in [7, 11) is -4.11. The van der Waals surface area contributed by atoms with Crippen LogP contribution in [0.25, 0.3) is 21.9 Å². The molecule has 4 aromatic rings. The average molecular weight is 419 g/mol. The maximum Gasteiger partial charge on any atom is 0.339 e. The van der Waals surface area contributed by atoms with Gasteiger partial charge in [0.1, 0.15) is 11.3 Å². The van der Waals surface area contributed by atoms with E-state index in [1.807, 2.05) is 30.3 Å². The lowest BCUT2D eigenvalue weighted by Gasteiger charge is -2.13. The highest BCUT2D eigenvalue weighted by Crippen LogP contribution is 2.35. The third-order valence-corrected chi connectivity index (χ3v) is 6.16. The summed E-state index contributed by atoms with van der Waals surface area (Å²) < 4.78 is 28.6. The number of carbonyl (C=O) groups is 1. The van der Waals surface area contributed by atoms with Crippen LogP contribution in [0.5, 0.6) is 5.75 Å². The Morgan fingerprint density at radius 1 is 0.767 bits per heavy atom. The van der Waals surface area contributed by atoms with Gasteiger partial charge in [0, 0.05) is 16.5 Å². The van der Waals surface area contributed by atoms with Crippen LogP contribution in [0.3, 0.4) is 0 Å². The van der Waals surface area contributed by atoms with Crippen LogP contribution in [-0.4, -0.2) is 24.6 Å². The second kappa shape index (κ2) is 7.53. The van der Waals surface area contributed by atoms with Gasteiger partial charge < -0.3 is 10.2 Å². The highest BCUT2D eigenvalue weighted by atomic mass is 32.2. The quantitative estimate of drug-likeness (QED) is 0.435. The summed E-state index contributed by atoms with van der Waals surface area (Å²) in [5.74, 6) is -1.88. The minimum Gasteiger partial charge on any atom is -0.506 e. The van der Waals surface area contributed by atoms with Crippen molar-refractivity contribution in [3.8, 4) is 16.9 Å². The molecular weight excluding hydrogens is 402 g/mol. The van der Waals surface area contributed by atoms with Crippen molar-refractivity contribution in [2.24, 2.45) is 0 Å². The first-order valence-corrected chi connectivity index (χ1v) is 10.5. The number of fused-ring (bicyclic) bond motifs is 1. The van der Waals surface area contributed by atoms with Crippen LogP contribution in [0.1, 0.15) is 10.4 Å². The number of aromatic carboxylic acids is 1. The highest BCUT2D eigenvalue weighted by Gasteiger charge is 2.24. The first-order valence-electron chi connectivity index (χ1n) is 9.03. The van der Waals surface area contributed by atoms with E-state index in [1.54, 1.807) is 36.4 Å². The predicted molar refractivity (Wildman–Crippen MR) is 115 cm³/mol. The van der Waals surface area contributed by atoms with Gasteiger partial charge in [0.15, 0.2) is 0 Å². The molecule has 0 saturated carbocycles. The van der Waals surface area contributed by atoms with Gasteiger partial charge in [-0.05, 0) is 29.3 Å². The molecule has 0 aromatic heterocycles. The van der Waals surface area contributed by atoms with E-state index in [4.69, 9.17) is 0 Å². The van der Waals surface area contributed by atoms with Crippen LogP contribution in [0, 0.1) is 0 Å². The Bertz CT molecular complexity index is 1350. The lowest BCUT2D eigenvalue weighted by Crippen LogP contribution is -2.14. The van der Waals surface area contributed by atoms with Crippen LogP contribution in [0.2, 0.25) is 0 Å². The van der Waals surface area contributed by atoms with Crippen LogP contribution < -0.4 is 4.72 Å². The van der Waals surface area contributed by atoms with Crippen molar-refractivity contribution in [2.45, 2.75) is 4.90 Å². The minimum absolute atomic E-state index is 0.150. The van der Waals surface area contributed by atoms with Crippen LogP contribution in [0.4, 0.5) is 5.69 Å². The molecule has 30 heavy (non-hydrogen) atoms. The number of carboxylic acids is 1. The number of aromatic hydroxyl groups is 1. The van der Waals surface area contributed by atoms with Crippen LogP contribution >= 0.6 is 0 Å². The van der Waals surface area contributed by atoms with E-state index in [0.29, 0.717) is 5.69 Å². The molecule has 0 saturated heterocycles. The molecule has 0 unspecified atom stereocenters. The summed E-state index contributed by atoms with van der Waals surface area (Å²) >= 11 is 0. The summed E-state index contributed by atoms with van der Waals surface area (Å²) in [5.41, 5.74) is 1.79.